The van der Waals surface area contributed by atoms with Gasteiger partial charge >= 0.3 is 12.1 Å². The number of hydrogen-bond donors (Lipinski definition) is 1. The van der Waals surface area contributed by atoms with Crippen molar-refractivity contribution in [2.24, 2.45) is 0 Å². The first kappa shape index (κ1) is 28.9. The van der Waals surface area contributed by atoms with E-state index in [1.807, 2.05) is 0 Å². The van der Waals surface area contributed by atoms with Crippen LogP contribution in [0, 0.1) is 11.3 Å². The normalized spacial score (nSPS) is 11.8. The predicted molar refractivity (Wildman–Crippen MR) is 143 cm³/mol. The third kappa shape index (κ3) is 5.24. The molecule has 0 radical (unpaired) electrons. The van der Waals surface area contributed by atoms with E-state index in [2.05, 4.69) is 9.97 Å². The summed E-state index contributed by atoms with van der Waals surface area (Å²) in [6.07, 6.45) is -6.82. The first-order chi connectivity index (χ1) is 19.9. The Bertz CT molecular complexity index is 1980. The topological polar surface area (TPSA) is 118 Å². The number of alkyl halides is 5. The molecular formula is C27H14ClF5N4O4S. The first-order valence-corrected chi connectivity index (χ1v) is 13.0. The fourth-order valence-corrected chi connectivity index (χ4v) is 5.58. The summed E-state index contributed by atoms with van der Waals surface area (Å²) < 4.78 is 74.6. The van der Waals surface area contributed by atoms with Crippen molar-refractivity contribution in [3.05, 3.63) is 85.9 Å². The van der Waals surface area contributed by atoms with Crippen molar-refractivity contribution in [3.8, 4) is 22.9 Å². The molecule has 0 unspecified atom stereocenters. The van der Waals surface area contributed by atoms with Gasteiger partial charge < -0.3 is 9.84 Å². The zero-order chi connectivity index (χ0) is 30.3. The zero-order valence-electron chi connectivity index (χ0n) is 20.7. The predicted octanol–water partition coefficient (Wildman–Crippen LogP) is 6.93. The van der Waals surface area contributed by atoms with Crippen molar-refractivity contribution >= 4 is 50.0 Å². The minimum Gasteiger partial charge on any atom is -0.491 e. The number of halogens is 6. The van der Waals surface area contributed by atoms with Gasteiger partial charge in [0.15, 0.2) is 5.82 Å². The number of pyridine rings is 1. The minimum atomic E-state index is -4.90. The molecule has 42 heavy (non-hydrogen) atoms. The lowest BCUT2D eigenvalue weighted by atomic mass is 10.0. The molecule has 3 aromatic heterocycles. The maximum atomic E-state index is 13.9. The van der Waals surface area contributed by atoms with Crippen molar-refractivity contribution in [3.63, 3.8) is 0 Å². The van der Waals surface area contributed by atoms with E-state index in [0.29, 0.717) is 37.5 Å². The number of ether oxygens (including phenoxy) is 1. The van der Waals surface area contributed by atoms with Crippen molar-refractivity contribution in [2.45, 2.75) is 19.1 Å². The number of thiophene rings is 1. The summed E-state index contributed by atoms with van der Waals surface area (Å²) in [5.41, 5.74) is -2.57. The molecule has 3 heterocycles. The van der Waals surface area contributed by atoms with Gasteiger partial charge in [-0.15, -0.1) is 11.3 Å². The maximum absolute atomic E-state index is 13.9. The van der Waals surface area contributed by atoms with E-state index in [-0.39, 0.29) is 23.4 Å². The molecule has 5 rings (SSSR count). The molecular weight excluding hydrogens is 607 g/mol. The van der Waals surface area contributed by atoms with Gasteiger partial charge in [-0.2, -0.15) is 18.4 Å². The van der Waals surface area contributed by atoms with Crippen molar-refractivity contribution in [2.75, 3.05) is 6.61 Å². The number of carboxylic acids is 1. The Labute approximate surface area is 240 Å². The molecule has 5 aromatic rings. The highest BCUT2D eigenvalue weighted by atomic mass is 35.5. The van der Waals surface area contributed by atoms with Crippen LogP contribution in [0.15, 0.2) is 52.8 Å². The molecule has 0 saturated carbocycles. The van der Waals surface area contributed by atoms with Gasteiger partial charge in [0.1, 0.15) is 18.4 Å². The number of benzene rings is 2. The third-order valence-corrected chi connectivity index (χ3v) is 7.46. The Morgan fingerprint density at radius 1 is 1.19 bits per heavy atom. The number of carboxylic acid groups (broad SMARTS) is 1. The maximum Gasteiger partial charge on any atom is 0.416 e. The number of hydrogen-bond acceptors (Lipinski definition) is 7. The van der Waals surface area contributed by atoms with E-state index in [9.17, 15) is 41.9 Å². The molecule has 0 fully saturated rings. The Morgan fingerprint density at radius 2 is 1.95 bits per heavy atom. The van der Waals surface area contributed by atoms with Gasteiger partial charge in [-0.25, -0.2) is 18.6 Å². The molecule has 0 amide bonds. The average Bonchev–Trinajstić information content (AvgIpc) is 3.38. The second-order valence-electron chi connectivity index (χ2n) is 8.73. The number of aromatic nitrogens is 3. The van der Waals surface area contributed by atoms with Crippen LogP contribution in [0.3, 0.4) is 0 Å². The van der Waals surface area contributed by atoms with E-state index < -0.39 is 58.5 Å². The monoisotopic (exact) mass is 620 g/mol. The summed E-state index contributed by atoms with van der Waals surface area (Å²) in [6, 6.07) is 8.59. The summed E-state index contributed by atoms with van der Waals surface area (Å²) in [5.74, 6) is -2.04. The Hall–Kier alpha value is -4.61. The molecule has 0 atom stereocenters. The summed E-state index contributed by atoms with van der Waals surface area (Å²) in [5, 5.41) is 20.1. The van der Waals surface area contributed by atoms with Gasteiger partial charge in [0.25, 0.3) is 12.0 Å². The van der Waals surface area contributed by atoms with Crippen molar-refractivity contribution in [1.29, 1.82) is 5.26 Å². The molecule has 0 aliphatic carbocycles. The van der Waals surface area contributed by atoms with E-state index in [1.54, 1.807) is 12.1 Å². The lowest BCUT2D eigenvalue weighted by Crippen LogP contribution is -2.29. The van der Waals surface area contributed by atoms with Gasteiger partial charge in [0.2, 0.25) is 0 Å². The highest BCUT2D eigenvalue weighted by Crippen LogP contribution is 2.39. The fraction of sp³-hybridized carbons (Fsp3) is 0.148. The highest BCUT2D eigenvalue weighted by Gasteiger charge is 2.33. The molecule has 15 heteroatoms. The second kappa shape index (κ2) is 11.0. The Kier molecular flexibility index (Phi) is 7.56. The SMILES string of the molecule is N#Cc1cc(C(F)(F)F)cc2nc(C(F)F)n(CCOc3ccc(Cl)cc3-c3ccnc4c(C(=O)O)csc34)c(=O)c12. The minimum absolute atomic E-state index is 0.00291. The number of nitrogens with zero attached hydrogens (tertiary/aromatic N) is 4. The van der Waals surface area contributed by atoms with Crippen LogP contribution >= 0.6 is 22.9 Å². The molecule has 0 spiro atoms. The number of aromatic carboxylic acids is 1. The molecule has 8 nitrogen and oxygen atoms in total. The lowest BCUT2D eigenvalue weighted by molar-refractivity contribution is -0.137. The molecule has 1 N–H and O–H groups in total. The third-order valence-electron chi connectivity index (χ3n) is 6.22. The lowest BCUT2D eigenvalue weighted by Gasteiger charge is -2.16. The molecule has 0 aliphatic rings. The highest BCUT2D eigenvalue weighted by molar-refractivity contribution is 7.18. The van der Waals surface area contributed by atoms with Gasteiger partial charge in [0, 0.05) is 27.7 Å². The summed E-state index contributed by atoms with van der Waals surface area (Å²) in [7, 11) is 0. The number of fused-ring (bicyclic) bond motifs is 2. The number of rotatable bonds is 7. The Morgan fingerprint density at radius 3 is 2.62 bits per heavy atom. The molecule has 0 aliphatic heterocycles. The van der Waals surface area contributed by atoms with Crippen molar-refractivity contribution < 1.29 is 36.6 Å². The van der Waals surface area contributed by atoms with Crippen LogP contribution in [-0.4, -0.2) is 32.2 Å². The quantitative estimate of drug-likeness (QED) is 0.196. The van der Waals surface area contributed by atoms with Crippen LogP contribution in [0.5, 0.6) is 5.75 Å². The van der Waals surface area contributed by atoms with Gasteiger partial charge in [0.05, 0.1) is 44.4 Å². The van der Waals surface area contributed by atoms with Crippen LogP contribution in [0.25, 0.3) is 32.2 Å². The van der Waals surface area contributed by atoms with Crippen LogP contribution in [0.2, 0.25) is 5.02 Å². The van der Waals surface area contributed by atoms with Gasteiger partial charge in [-0.05, 0) is 36.4 Å². The smallest absolute Gasteiger partial charge is 0.416 e. The molecule has 0 saturated heterocycles. The van der Waals surface area contributed by atoms with E-state index in [0.717, 1.165) is 11.3 Å². The number of carbonyl (C=O) groups is 1. The second-order valence-corrected chi connectivity index (χ2v) is 10.1. The molecule has 0 bridgehead atoms. The van der Waals surface area contributed by atoms with Gasteiger partial charge in [-0.3, -0.25) is 14.3 Å². The van der Waals surface area contributed by atoms with Crippen LogP contribution < -0.4 is 10.3 Å². The van der Waals surface area contributed by atoms with E-state index >= 15 is 0 Å². The average molecular weight is 621 g/mol. The first-order valence-electron chi connectivity index (χ1n) is 11.8. The largest absolute Gasteiger partial charge is 0.491 e. The van der Waals surface area contributed by atoms with E-state index in [4.69, 9.17) is 16.3 Å². The molecule has 2 aromatic carbocycles. The fourth-order valence-electron chi connectivity index (χ4n) is 4.38. The van der Waals surface area contributed by atoms with Crippen LogP contribution in [-0.2, 0) is 12.7 Å². The summed E-state index contributed by atoms with van der Waals surface area (Å²) in [6.45, 7) is -0.869. The number of nitriles is 1. The summed E-state index contributed by atoms with van der Waals surface area (Å²) in [4.78, 5) is 32.5. The standard InChI is InChI=1S/C27H14ClF5N4O4S/c28-14-1-2-19(16(9-14)15-3-4-35-21-17(26(39)40)11-42-22(15)21)41-6-5-37-24(23(29)30)36-18-8-13(27(31,32)33)7-12(10-34)20(18)25(37)38/h1-4,7-9,11,23H,5-6H2,(H,39,40). The Balaban J connectivity index is 1.53. The van der Waals surface area contributed by atoms with Crippen molar-refractivity contribution in [1.82, 2.24) is 14.5 Å². The molecule has 214 valence electrons. The van der Waals surface area contributed by atoms with Gasteiger partial charge in [-0.1, -0.05) is 11.6 Å². The zero-order valence-corrected chi connectivity index (χ0v) is 22.3. The van der Waals surface area contributed by atoms with E-state index in [1.165, 1.54) is 29.8 Å². The van der Waals surface area contributed by atoms with Crippen LogP contribution in [0.4, 0.5) is 22.0 Å². The van der Waals surface area contributed by atoms with Crippen LogP contribution in [0.1, 0.15) is 33.7 Å². The summed E-state index contributed by atoms with van der Waals surface area (Å²) >= 11 is 7.34.